The van der Waals surface area contributed by atoms with E-state index in [0.717, 1.165) is 0 Å². The van der Waals surface area contributed by atoms with Crippen molar-refractivity contribution in [2.24, 2.45) is 5.73 Å². The van der Waals surface area contributed by atoms with Gasteiger partial charge in [-0.1, -0.05) is 0 Å². The van der Waals surface area contributed by atoms with Crippen molar-refractivity contribution in [2.75, 3.05) is 0 Å². The maximum atomic E-state index is 9.78. The summed E-state index contributed by atoms with van der Waals surface area (Å²) < 4.78 is 3.80. The Morgan fingerprint density at radius 3 is 2.33 bits per heavy atom. The number of hydrogen-bond acceptors (Lipinski definition) is 3. The minimum absolute atomic E-state index is 1.03. The summed E-state index contributed by atoms with van der Waals surface area (Å²) in [6, 6.07) is -1.03. The monoisotopic (exact) mass is 172 g/mol. The average molecular weight is 172 g/mol. The molecule has 0 heterocycles. The topological polar surface area (TPSA) is 105 Å². The molecule has 9 heavy (non-hydrogen) atoms. The summed E-state index contributed by atoms with van der Waals surface area (Å²) in [6.07, 6.45) is 0. The summed E-state index contributed by atoms with van der Waals surface area (Å²) in [5.41, 5.74) is 5.94. The molecule has 0 aromatic heterocycles. The summed E-state index contributed by atoms with van der Waals surface area (Å²) in [4.78, 5) is 26.3. The Kier molecular flexibility index (Phi) is 3.02. The second-order valence-corrected chi connectivity index (χ2v) is 3.64. The molecule has 0 aliphatic carbocycles. The number of hydrogen-bond donors (Lipinski definition) is 4. The van der Waals surface area contributed by atoms with Crippen LogP contribution in [0.5, 0.6) is 0 Å². The predicted molar refractivity (Wildman–Crippen MR) is 32.5 cm³/mol. The first-order chi connectivity index (χ1) is 3.92. The van der Waals surface area contributed by atoms with Crippen LogP contribution in [0, 0.1) is 0 Å². The van der Waals surface area contributed by atoms with Crippen molar-refractivity contribution in [3.05, 3.63) is 0 Å². The Balaban J connectivity index is 3.53. The van der Waals surface area contributed by atoms with Crippen LogP contribution in [0.1, 0.15) is 0 Å². The summed E-state index contributed by atoms with van der Waals surface area (Å²) in [6.45, 7) is -3.80. The van der Waals surface area contributed by atoms with E-state index in [1.54, 1.807) is 0 Å². The fourth-order valence-electron chi connectivity index (χ4n) is 0.104. The fraction of sp³-hybridized carbons (Fsp3) is 0. The molecular formula is CH5N2O4PS. The van der Waals surface area contributed by atoms with Crippen molar-refractivity contribution in [2.45, 2.75) is 0 Å². The highest BCUT2D eigenvalue weighted by atomic mass is 32.5. The zero-order valence-corrected chi connectivity index (χ0v) is 5.85. The molecule has 2 amide bonds. The molecule has 0 aromatic rings. The molecule has 54 valence electrons. The van der Waals surface area contributed by atoms with Crippen LogP contribution >= 0.6 is 6.72 Å². The van der Waals surface area contributed by atoms with Gasteiger partial charge >= 0.3 is 12.7 Å². The molecule has 0 aliphatic rings. The number of rotatable bonds is 2. The molecule has 6 nitrogen and oxygen atoms in total. The number of hydroxylamine groups is 1. The van der Waals surface area contributed by atoms with E-state index in [-0.39, 0.29) is 0 Å². The standard InChI is InChI=1S/CH5N2O4PS/c2-1(4)3-7-8(5,6)9/h(H3,2,3,4)(H2,5,6,9). The number of nitrogens with two attached hydrogens (primary N) is 1. The molecular weight excluding hydrogens is 167 g/mol. The molecule has 0 spiro atoms. The number of amides is 2. The van der Waals surface area contributed by atoms with Gasteiger partial charge in [0.1, 0.15) is 0 Å². The van der Waals surface area contributed by atoms with Crippen molar-refractivity contribution < 1.29 is 19.2 Å². The highest BCUT2D eigenvalue weighted by molar-refractivity contribution is 8.06. The van der Waals surface area contributed by atoms with Crippen molar-refractivity contribution in [3.8, 4) is 0 Å². The van der Waals surface area contributed by atoms with E-state index < -0.39 is 12.7 Å². The third-order valence-corrected chi connectivity index (χ3v) is 0.818. The van der Waals surface area contributed by atoms with E-state index in [0.29, 0.717) is 0 Å². The molecule has 0 fully saturated rings. The molecule has 8 heteroatoms. The molecule has 0 atom stereocenters. The van der Waals surface area contributed by atoms with Crippen LogP contribution in [-0.2, 0) is 16.4 Å². The molecule has 0 bridgehead atoms. The van der Waals surface area contributed by atoms with Crippen molar-refractivity contribution in [1.29, 1.82) is 0 Å². The SMILES string of the molecule is NC(=O)NOP(O)(O)=S. The highest BCUT2D eigenvalue weighted by Gasteiger charge is 2.08. The third-order valence-electron chi connectivity index (χ3n) is 0.265. The largest absolute Gasteiger partial charge is 0.350 e. The zero-order valence-electron chi connectivity index (χ0n) is 4.14. The molecule has 0 aromatic carbocycles. The van der Waals surface area contributed by atoms with Gasteiger partial charge in [0, 0.05) is 0 Å². The lowest BCUT2D eigenvalue weighted by Gasteiger charge is -2.05. The normalized spacial score (nSPS) is 10.9. The summed E-state index contributed by atoms with van der Waals surface area (Å²) in [7, 11) is 0. The quantitative estimate of drug-likeness (QED) is 0.309. The van der Waals surface area contributed by atoms with Crippen LogP contribution < -0.4 is 11.2 Å². The minimum Gasteiger partial charge on any atom is -0.350 e. The second kappa shape index (κ2) is 3.09. The fourth-order valence-corrected chi connectivity index (χ4v) is 0.425. The number of primary amides is 1. The molecule has 0 saturated carbocycles. The summed E-state index contributed by atoms with van der Waals surface area (Å²) in [5, 5.41) is 0. The van der Waals surface area contributed by atoms with Crippen LogP contribution in [0.15, 0.2) is 0 Å². The van der Waals surface area contributed by atoms with Gasteiger partial charge in [-0.2, -0.15) is 4.62 Å². The smallest absolute Gasteiger partial charge is 0.343 e. The lowest BCUT2D eigenvalue weighted by atomic mass is 11.2. The van der Waals surface area contributed by atoms with Crippen LogP contribution in [-0.4, -0.2) is 15.8 Å². The first-order valence-corrected chi connectivity index (χ1v) is 4.34. The Hall–Kier alpha value is -0.200. The predicted octanol–water partition coefficient (Wildman–Crippen LogP) is -1.20. The van der Waals surface area contributed by atoms with Gasteiger partial charge in [-0.25, -0.2) is 10.3 Å². The lowest BCUT2D eigenvalue weighted by molar-refractivity contribution is 0.164. The van der Waals surface area contributed by atoms with Crippen molar-refractivity contribution in [3.63, 3.8) is 0 Å². The number of carbonyl (C=O) groups is 1. The summed E-state index contributed by atoms with van der Waals surface area (Å²) >= 11 is 3.93. The van der Waals surface area contributed by atoms with Gasteiger partial charge in [0.15, 0.2) is 0 Å². The van der Waals surface area contributed by atoms with Crippen LogP contribution in [0.3, 0.4) is 0 Å². The van der Waals surface area contributed by atoms with Gasteiger partial charge in [0.25, 0.3) is 0 Å². The van der Waals surface area contributed by atoms with Gasteiger partial charge in [0.05, 0.1) is 0 Å². The molecule has 0 unspecified atom stereocenters. The van der Waals surface area contributed by atoms with E-state index in [2.05, 4.69) is 22.2 Å². The van der Waals surface area contributed by atoms with E-state index in [4.69, 9.17) is 9.79 Å². The maximum absolute atomic E-state index is 9.78. The van der Waals surface area contributed by atoms with Gasteiger partial charge < -0.3 is 15.5 Å². The molecule has 0 aliphatic heterocycles. The van der Waals surface area contributed by atoms with Gasteiger partial charge in [-0.15, -0.1) is 0 Å². The Morgan fingerprint density at radius 1 is 1.78 bits per heavy atom. The van der Waals surface area contributed by atoms with Crippen LogP contribution in [0.25, 0.3) is 0 Å². The van der Waals surface area contributed by atoms with E-state index in [9.17, 15) is 4.79 Å². The minimum atomic E-state index is -3.80. The average Bonchev–Trinajstić information content (AvgIpc) is 1.59. The van der Waals surface area contributed by atoms with E-state index in [1.807, 2.05) is 0 Å². The van der Waals surface area contributed by atoms with Gasteiger partial charge in [-0.05, 0) is 11.8 Å². The van der Waals surface area contributed by atoms with E-state index in [1.165, 1.54) is 5.48 Å². The first-order valence-electron chi connectivity index (χ1n) is 1.71. The number of nitrogens with one attached hydrogen (secondary N) is 1. The third kappa shape index (κ3) is 7.80. The molecule has 0 radical (unpaired) electrons. The number of urea groups is 1. The lowest BCUT2D eigenvalue weighted by Crippen LogP contribution is -2.28. The molecule has 0 saturated heterocycles. The Morgan fingerprint density at radius 2 is 2.22 bits per heavy atom. The Labute approximate surface area is 55.8 Å². The van der Waals surface area contributed by atoms with Gasteiger partial charge in [0.2, 0.25) is 0 Å². The van der Waals surface area contributed by atoms with Crippen LogP contribution in [0.2, 0.25) is 0 Å². The number of carbonyl (C=O) groups excluding carboxylic acids is 1. The molecule has 0 rings (SSSR count). The van der Waals surface area contributed by atoms with Gasteiger partial charge in [-0.3, -0.25) is 0 Å². The summed E-state index contributed by atoms with van der Waals surface area (Å²) in [5.74, 6) is 0. The highest BCUT2D eigenvalue weighted by Crippen LogP contribution is 2.34. The zero-order chi connectivity index (χ0) is 7.49. The maximum Gasteiger partial charge on any atom is 0.343 e. The van der Waals surface area contributed by atoms with Crippen molar-refractivity contribution in [1.82, 2.24) is 5.48 Å². The first kappa shape index (κ1) is 8.80. The van der Waals surface area contributed by atoms with Crippen LogP contribution in [0.4, 0.5) is 4.79 Å². The second-order valence-electron chi connectivity index (χ2n) is 1.05. The van der Waals surface area contributed by atoms with Crippen molar-refractivity contribution >= 4 is 24.6 Å². The molecule has 5 N–H and O–H groups in total. The Bertz CT molecular complexity index is 153. The van der Waals surface area contributed by atoms with E-state index >= 15 is 0 Å².